The molecule has 1 fully saturated rings. The smallest absolute Gasteiger partial charge is 0.183 e. The molecule has 0 spiro atoms. The molecule has 3 nitrogen and oxygen atoms in total. The van der Waals surface area contributed by atoms with E-state index < -0.39 is 0 Å². The van der Waals surface area contributed by atoms with Crippen molar-refractivity contribution in [1.82, 2.24) is 5.32 Å². The second-order valence-corrected chi connectivity index (χ2v) is 4.48. The van der Waals surface area contributed by atoms with Crippen LogP contribution in [0.1, 0.15) is 42.7 Å². The van der Waals surface area contributed by atoms with Gasteiger partial charge in [-0.2, -0.15) is 0 Å². The normalized spacial score (nSPS) is 20.8. The predicted octanol–water partition coefficient (Wildman–Crippen LogP) is 2.79. The average Bonchev–Trinajstić information content (AvgIpc) is 2.42. The molecule has 3 heteroatoms. The first-order chi connectivity index (χ1) is 8.35. The molecular formula is C14H21NO2. The summed E-state index contributed by atoms with van der Waals surface area (Å²) in [7, 11) is 3.33. The maximum absolute atomic E-state index is 5.29. The van der Waals surface area contributed by atoms with Crippen LogP contribution in [0.4, 0.5) is 0 Å². The fourth-order valence-corrected chi connectivity index (χ4v) is 2.43. The van der Waals surface area contributed by atoms with Gasteiger partial charge >= 0.3 is 0 Å². The van der Waals surface area contributed by atoms with Gasteiger partial charge in [0, 0.05) is 25.8 Å². The molecule has 94 valence electrons. The van der Waals surface area contributed by atoms with Gasteiger partial charge in [0.2, 0.25) is 0 Å². The van der Waals surface area contributed by atoms with E-state index in [4.69, 9.17) is 9.47 Å². The third-order valence-corrected chi connectivity index (χ3v) is 3.32. The van der Waals surface area contributed by atoms with Crippen LogP contribution in [0.15, 0.2) is 24.3 Å². The summed E-state index contributed by atoms with van der Waals surface area (Å²) in [6.07, 6.45) is 3.54. The minimum atomic E-state index is -0.265. The molecule has 1 saturated heterocycles. The van der Waals surface area contributed by atoms with Crippen LogP contribution in [-0.2, 0) is 9.47 Å². The Bertz CT molecular complexity index is 344. The van der Waals surface area contributed by atoms with Gasteiger partial charge in [0.25, 0.3) is 0 Å². The number of hydrogen-bond donors (Lipinski definition) is 1. The van der Waals surface area contributed by atoms with E-state index in [2.05, 4.69) is 23.5 Å². The molecule has 0 radical (unpaired) electrons. The first kappa shape index (κ1) is 12.6. The molecule has 1 aliphatic rings. The summed E-state index contributed by atoms with van der Waals surface area (Å²) >= 11 is 0. The topological polar surface area (TPSA) is 30.5 Å². The zero-order valence-corrected chi connectivity index (χ0v) is 10.6. The first-order valence-corrected chi connectivity index (χ1v) is 6.24. The number of hydrogen-bond acceptors (Lipinski definition) is 3. The Hall–Kier alpha value is -0.900. The van der Waals surface area contributed by atoms with Crippen molar-refractivity contribution < 1.29 is 9.47 Å². The fraction of sp³-hybridized carbons (Fsp3) is 0.571. The lowest BCUT2D eigenvalue weighted by atomic mass is 9.96. The van der Waals surface area contributed by atoms with Gasteiger partial charge in [-0.1, -0.05) is 24.6 Å². The number of nitrogens with one attached hydrogen (secondary N) is 1. The van der Waals surface area contributed by atoms with Crippen LogP contribution >= 0.6 is 0 Å². The maximum atomic E-state index is 5.29. The van der Waals surface area contributed by atoms with Gasteiger partial charge in [0.15, 0.2) is 6.29 Å². The number of rotatable bonds is 4. The maximum Gasteiger partial charge on any atom is 0.183 e. The van der Waals surface area contributed by atoms with Crippen molar-refractivity contribution in [3.63, 3.8) is 0 Å². The molecule has 0 aromatic heterocycles. The van der Waals surface area contributed by atoms with Gasteiger partial charge in [0.1, 0.15) is 0 Å². The molecule has 1 aliphatic heterocycles. The third-order valence-electron chi connectivity index (χ3n) is 3.32. The highest BCUT2D eigenvalue weighted by atomic mass is 16.7. The Morgan fingerprint density at radius 2 is 2.06 bits per heavy atom. The molecule has 1 aromatic carbocycles. The van der Waals surface area contributed by atoms with Crippen LogP contribution < -0.4 is 5.32 Å². The van der Waals surface area contributed by atoms with Gasteiger partial charge in [-0.25, -0.2) is 0 Å². The highest BCUT2D eigenvalue weighted by molar-refractivity contribution is 5.27. The van der Waals surface area contributed by atoms with Crippen LogP contribution in [0.25, 0.3) is 0 Å². The van der Waals surface area contributed by atoms with E-state index in [0.717, 1.165) is 12.1 Å². The predicted molar refractivity (Wildman–Crippen MR) is 67.8 cm³/mol. The number of ether oxygens (including phenoxy) is 2. The van der Waals surface area contributed by atoms with Crippen molar-refractivity contribution >= 4 is 0 Å². The first-order valence-electron chi connectivity index (χ1n) is 6.24. The lowest BCUT2D eigenvalue weighted by molar-refractivity contribution is -0.106. The summed E-state index contributed by atoms with van der Waals surface area (Å²) in [5.74, 6) is 0. The van der Waals surface area contributed by atoms with Gasteiger partial charge in [-0.3, -0.25) is 0 Å². The van der Waals surface area contributed by atoms with Crippen molar-refractivity contribution in [2.24, 2.45) is 0 Å². The largest absolute Gasteiger partial charge is 0.352 e. The third kappa shape index (κ3) is 3.06. The molecule has 17 heavy (non-hydrogen) atoms. The van der Waals surface area contributed by atoms with Crippen molar-refractivity contribution in [2.45, 2.75) is 31.6 Å². The van der Waals surface area contributed by atoms with Gasteiger partial charge in [-0.15, -0.1) is 0 Å². The zero-order chi connectivity index (χ0) is 12.1. The van der Waals surface area contributed by atoms with Crippen molar-refractivity contribution in [3.05, 3.63) is 35.4 Å². The molecular weight excluding hydrogens is 214 g/mol. The standard InChI is InChI=1S/C14H21NO2/c1-16-14(17-2)12-7-5-6-11(10-12)13-8-3-4-9-15-13/h5-7,10,13-15H,3-4,8-9H2,1-2H3. The summed E-state index contributed by atoms with van der Waals surface area (Å²) in [6, 6.07) is 8.96. The molecule has 0 saturated carbocycles. The summed E-state index contributed by atoms with van der Waals surface area (Å²) in [6.45, 7) is 1.12. The van der Waals surface area contributed by atoms with Crippen molar-refractivity contribution in [1.29, 1.82) is 0 Å². The molecule has 1 unspecified atom stereocenters. The molecule has 0 bridgehead atoms. The Balaban J connectivity index is 2.15. The Labute approximate surface area is 103 Å². The quantitative estimate of drug-likeness (QED) is 0.814. The summed E-state index contributed by atoms with van der Waals surface area (Å²) in [5, 5.41) is 3.56. The zero-order valence-electron chi connectivity index (χ0n) is 10.6. The van der Waals surface area contributed by atoms with E-state index in [1.165, 1.54) is 24.8 Å². The fourth-order valence-electron chi connectivity index (χ4n) is 2.43. The van der Waals surface area contributed by atoms with Crippen molar-refractivity contribution in [2.75, 3.05) is 20.8 Å². The minimum Gasteiger partial charge on any atom is -0.352 e. The second kappa shape index (κ2) is 6.15. The van der Waals surface area contributed by atoms with Gasteiger partial charge < -0.3 is 14.8 Å². The average molecular weight is 235 g/mol. The molecule has 1 N–H and O–H groups in total. The number of methoxy groups -OCH3 is 2. The van der Waals surface area contributed by atoms with Crippen LogP contribution in [-0.4, -0.2) is 20.8 Å². The summed E-state index contributed by atoms with van der Waals surface area (Å²) < 4.78 is 10.6. The monoisotopic (exact) mass is 235 g/mol. The van der Waals surface area contributed by atoms with Crippen molar-refractivity contribution in [3.8, 4) is 0 Å². The summed E-state index contributed by atoms with van der Waals surface area (Å²) in [5.41, 5.74) is 2.42. The lowest BCUT2D eigenvalue weighted by Gasteiger charge is -2.25. The highest BCUT2D eigenvalue weighted by Gasteiger charge is 2.16. The van der Waals surface area contributed by atoms with Crippen LogP contribution in [0.5, 0.6) is 0 Å². The van der Waals surface area contributed by atoms with Gasteiger partial charge in [0.05, 0.1) is 0 Å². The molecule has 2 rings (SSSR count). The molecule has 1 atom stereocenters. The van der Waals surface area contributed by atoms with Crippen LogP contribution in [0.2, 0.25) is 0 Å². The number of benzene rings is 1. The Morgan fingerprint density at radius 1 is 1.24 bits per heavy atom. The molecule has 1 aromatic rings. The Kier molecular flexibility index (Phi) is 4.54. The molecule has 0 aliphatic carbocycles. The summed E-state index contributed by atoms with van der Waals surface area (Å²) in [4.78, 5) is 0. The van der Waals surface area contributed by atoms with E-state index in [1.807, 2.05) is 6.07 Å². The molecule has 0 amide bonds. The van der Waals surface area contributed by atoms with E-state index in [-0.39, 0.29) is 6.29 Å². The minimum absolute atomic E-state index is 0.265. The van der Waals surface area contributed by atoms with E-state index in [9.17, 15) is 0 Å². The van der Waals surface area contributed by atoms with Crippen LogP contribution in [0, 0.1) is 0 Å². The molecule has 1 heterocycles. The Morgan fingerprint density at radius 3 is 2.71 bits per heavy atom. The second-order valence-electron chi connectivity index (χ2n) is 4.48. The van der Waals surface area contributed by atoms with Crippen LogP contribution in [0.3, 0.4) is 0 Å². The highest BCUT2D eigenvalue weighted by Crippen LogP contribution is 2.26. The van der Waals surface area contributed by atoms with E-state index in [0.29, 0.717) is 6.04 Å². The van der Waals surface area contributed by atoms with E-state index in [1.54, 1.807) is 14.2 Å². The van der Waals surface area contributed by atoms with E-state index >= 15 is 0 Å². The lowest BCUT2D eigenvalue weighted by Crippen LogP contribution is -2.26. The number of piperidine rings is 1. The SMILES string of the molecule is COC(OC)c1cccc(C2CCCCN2)c1. The van der Waals surface area contributed by atoms with Gasteiger partial charge in [-0.05, 0) is 31.0 Å².